The number of carbonyl (C=O) groups is 2. The minimum atomic E-state index is -0.960. The van der Waals surface area contributed by atoms with Crippen molar-refractivity contribution in [3.05, 3.63) is 94.0 Å². The number of carboxylic acid groups (broad SMARTS) is 2. The van der Waals surface area contributed by atoms with E-state index in [9.17, 15) is 9.59 Å². The van der Waals surface area contributed by atoms with Gasteiger partial charge >= 0.3 is 11.9 Å². The molecule has 32 heavy (non-hydrogen) atoms. The monoisotopic (exact) mass is 453 g/mol. The predicted octanol–water partition coefficient (Wildman–Crippen LogP) is 6.60. The Kier molecular flexibility index (Phi) is 9.29. The molecule has 0 aromatic heterocycles. The van der Waals surface area contributed by atoms with Gasteiger partial charge in [0.15, 0.2) is 0 Å². The van der Waals surface area contributed by atoms with Gasteiger partial charge in [0.2, 0.25) is 0 Å². The van der Waals surface area contributed by atoms with Crippen LogP contribution in [0.4, 0.5) is 11.4 Å². The number of nitrogens with one attached hydrogen (secondary N) is 1. The summed E-state index contributed by atoms with van der Waals surface area (Å²) in [5, 5.41) is 21.4. The molecular weight excluding hydrogens is 426 g/mol. The number of hydrogen-bond acceptors (Lipinski definition) is 3. The molecule has 0 spiro atoms. The Morgan fingerprint density at radius 1 is 0.875 bits per heavy atom. The zero-order valence-corrected chi connectivity index (χ0v) is 19.2. The van der Waals surface area contributed by atoms with E-state index in [4.69, 9.17) is 21.8 Å². The van der Waals surface area contributed by atoms with Crippen LogP contribution in [-0.2, 0) is 17.6 Å². The molecule has 0 aliphatic carbocycles. The van der Waals surface area contributed by atoms with Crippen molar-refractivity contribution in [2.45, 2.75) is 33.6 Å². The van der Waals surface area contributed by atoms with Gasteiger partial charge in [-0.2, -0.15) is 0 Å². The summed E-state index contributed by atoms with van der Waals surface area (Å²) in [6.07, 6.45) is 1.16. The summed E-state index contributed by atoms with van der Waals surface area (Å²) in [5.74, 6) is -1.10. The van der Waals surface area contributed by atoms with Crippen LogP contribution in [0.5, 0.6) is 0 Å². The van der Waals surface area contributed by atoms with E-state index < -0.39 is 11.9 Å². The molecule has 3 aromatic carbocycles. The fourth-order valence-electron chi connectivity index (χ4n) is 3.11. The number of aromatic carboxylic acids is 1. The van der Waals surface area contributed by atoms with Crippen molar-refractivity contribution in [1.82, 2.24) is 0 Å². The van der Waals surface area contributed by atoms with Crippen molar-refractivity contribution in [2.24, 2.45) is 5.92 Å². The van der Waals surface area contributed by atoms with Gasteiger partial charge in [0.25, 0.3) is 0 Å². The molecule has 0 amide bonds. The maximum absolute atomic E-state index is 11.1. The Bertz CT molecular complexity index is 1060. The molecule has 0 saturated heterocycles. The topological polar surface area (TPSA) is 86.6 Å². The smallest absolute Gasteiger partial charge is 0.337 e. The minimum Gasteiger partial charge on any atom is -0.481 e. The molecule has 0 aliphatic rings. The number of benzene rings is 3. The second kappa shape index (κ2) is 11.9. The molecule has 168 valence electrons. The summed E-state index contributed by atoms with van der Waals surface area (Å²) in [7, 11) is 0. The zero-order valence-electron chi connectivity index (χ0n) is 18.4. The lowest BCUT2D eigenvalue weighted by Gasteiger charge is -2.12. The normalized spacial score (nSPS) is 10.3. The molecule has 0 radical (unpaired) electrons. The molecular formula is C26H28ClNO4. The van der Waals surface area contributed by atoms with Gasteiger partial charge in [-0.3, -0.25) is 4.79 Å². The Balaban J connectivity index is 0.000000235. The van der Waals surface area contributed by atoms with Gasteiger partial charge in [0.05, 0.1) is 17.7 Å². The Morgan fingerprint density at radius 3 is 2.06 bits per heavy atom. The fourth-order valence-corrected chi connectivity index (χ4v) is 3.28. The van der Waals surface area contributed by atoms with Crippen LogP contribution >= 0.6 is 11.6 Å². The third-order valence-electron chi connectivity index (χ3n) is 4.72. The van der Waals surface area contributed by atoms with Crippen molar-refractivity contribution in [3.63, 3.8) is 0 Å². The number of aliphatic carboxylic acids is 1. The lowest BCUT2D eigenvalue weighted by atomic mass is 10.0. The molecule has 0 saturated carbocycles. The summed E-state index contributed by atoms with van der Waals surface area (Å²) < 4.78 is 0. The molecule has 3 rings (SSSR count). The molecule has 3 aromatic rings. The number of para-hydroxylation sites is 1. The fraction of sp³-hybridized carbons (Fsp3) is 0.231. The van der Waals surface area contributed by atoms with Crippen LogP contribution < -0.4 is 5.32 Å². The second-order valence-electron chi connectivity index (χ2n) is 7.87. The average molecular weight is 454 g/mol. The second-order valence-corrected chi connectivity index (χ2v) is 8.28. The Hall–Kier alpha value is -3.31. The van der Waals surface area contributed by atoms with Crippen LogP contribution in [0.15, 0.2) is 66.7 Å². The summed E-state index contributed by atoms with van der Waals surface area (Å²) in [6.45, 7) is 6.23. The average Bonchev–Trinajstić information content (AvgIpc) is 2.73. The first-order chi connectivity index (χ1) is 15.2. The number of rotatable bonds is 7. The van der Waals surface area contributed by atoms with Crippen molar-refractivity contribution in [1.29, 1.82) is 0 Å². The van der Waals surface area contributed by atoms with E-state index in [1.54, 1.807) is 30.3 Å². The molecule has 0 bridgehead atoms. The van der Waals surface area contributed by atoms with Gasteiger partial charge in [-0.05, 0) is 60.2 Å². The van der Waals surface area contributed by atoms with E-state index in [-0.39, 0.29) is 12.0 Å². The number of halogens is 1. The summed E-state index contributed by atoms with van der Waals surface area (Å²) in [5.41, 5.74) is 4.61. The third kappa shape index (κ3) is 7.75. The van der Waals surface area contributed by atoms with Crippen LogP contribution in [-0.4, -0.2) is 22.2 Å². The lowest BCUT2D eigenvalue weighted by molar-refractivity contribution is -0.136. The zero-order chi connectivity index (χ0) is 23.7. The van der Waals surface area contributed by atoms with Gasteiger partial charge in [-0.15, -0.1) is 0 Å². The largest absolute Gasteiger partial charge is 0.481 e. The molecule has 0 unspecified atom stereocenters. The molecule has 0 heterocycles. The van der Waals surface area contributed by atoms with Gasteiger partial charge in [0.1, 0.15) is 0 Å². The summed E-state index contributed by atoms with van der Waals surface area (Å²) in [4.78, 5) is 21.5. The summed E-state index contributed by atoms with van der Waals surface area (Å²) >= 11 is 6.03. The maximum atomic E-state index is 11.1. The van der Waals surface area contributed by atoms with Gasteiger partial charge in [-0.1, -0.05) is 67.9 Å². The summed E-state index contributed by atoms with van der Waals surface area (Å²) in [6, 6.07) is 20.1. The first-order valence-electron chi connectivity index (χ1n) is 10.3. The first-order valence-corrected chi connectivity index (χ1v) is 10.7. The molecule has 5 nitrogen and oxygen atoms in total. The third-order valence-corrected chi connectivity index (χ3v) is 5.13. The van der Waals surface area contributed by atoms with Gasteiger partial charge < -0.3 is 15.5 Å². The predicted molar refractivity (Wildman–Crippen MR) is 129 cm³/mol. The number of hydrogen-bond donors (Lipinski definition) is 3. The lowest BCUT2D eigenvalue weighted by Crippen LogP contribution is -2.03. The molecule has 0 aliphatic heterocycles. The van der Waals surface area contributed by atoms with E-state index in [0.717, 1.165) is 23.2 Å². The minimum absolute atomic E-state index is 0.113. The standard InChI is InChI=1S/C14H12ClNO2.C12H16O2/c1-9-11(15)6-4-8-12(9)16-13-7-3-2-5-10(13)14(17)18;1-9(2)7-10-3-5-11(6-4-10)8-12(13)14/h2-8,16H,1H3,(H,17,18);3-6,9H,7-8H2,1-2H3,(H,13,14). The highest BCUT2D eigenvalue weighted by atomic mass is 35.5. The van der Waals surface area contributed by atoms with Crippen LogP contribution in [0.1, 0.15) is 40.9 Å². The van der Waals surface area contributed by atoms with Crippen LogP contribution in [0.3, 0.4) is 0 Å². The van der Waals surface area contributed by atoms with E-state index in [0.29, 0.717) is 16.6 Å². The Labute approximate surface area is 193 Å². The maximum Gasteiger partial charge on any atom is 0.337 e. The van der Waals surface area contributed by atoms with E-state index in [1.807, 2.05) is 43.3 Å². The SMILES string of the molecule is CC(C)Cc1ccc(CC(=O)O)cc1.Cc1c(Cl)cccc1Nc1ccccc1C(=O)O. The van der Waals surface area contributed by atoms with Crippen LogP contribution in [0.2, 0.25) is 5.02 Å². The number of anilines is 2. The van der Waals surface area contributed by atoms with Gasteiger partial charge in [-0.25, -0.2) is 4.79 Å². The molecule has 0 fully saturated rings. The highest BCUT2D eigenvalue weighted by Gasteiger charge is 2.10. The number of carboxylic acids is 2. The van der Waals surface area contributed by atoms with Crippen molar-refractivity contribution in [2.75, 3.05) is 5.32 Å². The van der Waals surface area contributed by atoms with E-state index in [1.165, 1.54) is 5.56 Å². The highest BCUT2D eigenvalue weighted by Crippen LogP contribution is 2.27. The van der Waals surface area contributed by atoms with Crippen molar-refractivity contribution < 1.29 is 19.8 Å². The molecule has 6 heteroatoms. The van der Waals surface area contributed by atoms with Gasteiger partial charge in [0, 0.05) is 10.7 Å². The quantitative estimate of drug-likeness (QED) is 0.375. The first kappa shape index (κ1) is 25.0. The van der Waals surface area contributed by atoms with Crippen LogP contribution in [0.25, 0.3) is 0 Å². The Morgan fingerprint density at radius 2 is 1.47 bits per heavy atom. The van der Waals surface area contributed by atoms with E-state index in [2.05, 4.69) is 19.2 Å². The molecule has 3 N–H and O–H groups in total. The molecule has 0 atom stereocenters. The van der Waals surface area contributed by atoms with Crippen LogP contribution in [0, 0.1) is 12.8 Å². The highest BCUT2D eigenvalue weighted by molar-refractivity contribution is 6.31. The van der Waals surface area contributed by atoms with Crippen molar-refractivity contribution >= 4 is 34.9 Å². The van der Waals surface area contributed by atoms with Crippen molar-refractivity contribution in [3.8, 4) is 0 Å². The van der Waals surface area contributed by atoms with E-state index >= 15 is 0 Å².